The lowest BCUT2D eigenvalue weighted by Crippen LogP contribution is -2.61. The Kier molecular flexibility index (Phi) is 47.1. The van der Waals surface area contributed by atoms with Crippen LogP contribution in [0.2, 0.25) is 0 Å². The normalized spacial score (nSPS) is 26.8. The SMILES string of the molecule is C=CC=CCCCCCCCCCCC=CC(O)C(O)C1OC(C(O)C(O)C(=C)CCC(O)C2OC(CC(O)C(O)C(C)CCCC(O)C(O)C(O)C(C)CC(O)C=CCC(O)CCCC(O)CC(=O)CC(O)CCC=CCC(O)C=CC=CCN)C(O)C(O)C2O)CC(O)C1O. The summed E-state index contributed by atoms with van der Waals surface area (Å²) in [5.74, 6) is -1.62. The zero-order valence-corrected chi connectivity index (χ0v) is 57.5. The fraction of sp³-hybridized carbons (Fsp3) is 0.767. The fourth-order valence-corrected chi connectivity index (χ4v) is 12.2. The number of nitrogens with two attached hydrogens (primary N) is 1. The fourth-order valence-electron chi connectivity index (χ4n) is 12.2. The van der Waals surface area contributed by atoms with Crippen LogP contribution in [-0.4, -0.2) is 261 Å². The molecular formula is C73H127NO23. The van der Waals surface area contributed by atoms with Gasteiger partial charge in [0, 0.05) is 32.2 Å². The van der Waals surface area contributed by atoms with E-state index in [2.05, 4.69) is 19.2 Å². The number of unbranched alkanes of at least 4 members (excludes halogenated alkanes) is 9. The number of aliphatic hydroxyl groups excluding tert-OH is 20. The summed E-state index contributed by atoms with van der Waals surface area (Å²) in [4.78, 5) is 12.4. The van der Waals surface area contributed by atoms with E-state index in [0.29, 0.717) is 45.1 Å². The summed E-state index contributed by atoms with van der Waals surface area (Å²) in [6, 6.07) is 0. The van der Waals surface area contributed by atoms with Gasteiger partial charge < -0.3 is 117 Å². The summed E-state index contributed by atoms with van der Waals surface area (Å²) in [5.41, 5.74) is 5.33. The Balaban J connectivity index is 1.75. The highest BCUT2D eigenvalue weighted by atomic mass is 16.6. The number of carbonyl (C=O) groups excluding carboxylic acids is 1. The molecule has 0 spiro atoms. The van der Waals surface area contributed by atoms with Gasteiger partial charge in [0.15, 0.2) is 0 Å². The van der Waals surface area contributed by atoms with Crippen molar-refractivity contribution in [2.24, 2.45) is 17.6 Å². The molecule has 26 unspecified atom stereocenters. The van der Waals surface area contributed by atoms with Gasteiger partial charge in [0.25, 0.3) is 0 Å². The van der Waals surface area contributed by atoms with Crippen molar-refractivity contribution in [2.45, 2.75) is 334 Å². The second-order valence-corrected chi connectivity index (χ2v) is 27.2. The van der Waals surface area contributed by atoms with Gasteiger partial charge in [-0.1, -0.05) is 151 Å². The van der Waals surface area contributed by atoms with E-state index >= 15 is 0 Å². The molecular weight excluding hydrogens is 1260 g/mol. The van der Waals surface area contributed by atoms with Crippen LogP contribution in [0.4, 0.5) is 0 Å². The lowest BCUT2D eigenvalue weighted by Gasteiger charge is -2.43. The van der Waals surface area contributed by atoms with Gasteiger partial charge >= 0.3 is 0 Å². The van der Waals surface area contributed by atoms with Crippen molar-refractivity contribution in [3.63, 3.8) is 0 Å². The van der Waals surface area contributed by atoms with E-state index in [-0.39, 0.29) is 82.0 Å². The Morgan fingerprint density at radius 3 is 1.78 bits per heavy atom. The van der Waals surface area contributed by atoms with Gasteiger partial charge in [-0.3, -0.25) is 4.79 Å². The zero-order chi connectivity index (χ0) is 72.6. The van der Waals surface area contributed by atoms with Gasteiger partial charge in [-0.25, -0.2) is 0 Å². The number of aliphatic hydroxyl groups is 20. The number of ether oxygens (including phenoxy) is 2. The quantitative estimate of drug-likeness (QED) is 0.0236. The van der Waals surface area contributed by atoms with Gasteiger partial charge in [-0.05, 0) is 120 Å². The molecule has 0 aliphatic carbocycles. The molecule has 2 saturated heterocycles. The van der Waals surface area contributed by atoms with Crippen molar-refractivity contribution < 1.29 is 116 Å². The number of hydrogen-bond donors (Lipinski definition) is 21. The maximum Gasteiger partial charge on any atom is 0.138 e. The van der Waals surface area contributed by atoms with Gasteiger partial charge in [-0.2, -0.15) is 0 Å². The Hall–Kier alpha value is -3.33. The van der Waals surface area contributed by atoms with Crippen molar-refractivity contribution >= 4 is 5.78 Å². The lowest BCUT2D eigenvalue weighted by molar-refractivity contribution is -0.250. The molecule has 2 rings (SSSR count). The number of Topliss-reactive ketones (excluding diaryl/α,β-unsaturated/α-hetero) is 1. The molecule has 2 heterocycles. The summed E-state index contributed by atoms with van der Waals surface area (Å²) in [6.45, 7) is 11.1. The van der Waals surface area contributed by atoms with Gasteiger partial charge in [0.2, 0.25) is 0 Å². The monoisotopic (exact) mass is 1390 g/mol. The number of allylic oxidation sites excluding steroid dienone is 7. The smallest absolute Gasteiger partial charge is 0.138 e. The van der Waals surface area contributed by atoms with Crippen molar-refractivity contribution in [1.29, 1.82) is 0 Å². The minimum absolute atomic E-state index is 0.00343. The molecule has 0 aromatic heterocycles. The highest BCUT2D eigenvalue weighted by Gasteiger charge is 2.49. The molecule has 0 aromatic rings. The van der Waals surface area contributed by atoms with Gasteiger partial charge in [-0.15, -0.1) is 0 Å². The average Bonchev–Trinajstić information content (AvgIpc) is 0.814. The number of rotatable bonds is 54. The summed E-state index contributed by atoms with van der Waals surface area (Å²) in [7, 11) is 0. The molecule has 2 aliphatic rings. The number of hydrogen-bond acceptors (Lipinski definition) is 24. The predicted octanol–water partition coefficient (Wildman–Crippen LogP) is 2.15. The molecule has 97 heavy (non-hydrogen) atoms. The molecule has 22 N–H and O–H groups in total. The van der Waals surface area contributed by atoms with Crippen LogP contribution in [0.25, 0.3) is 0 Å². The number of ketones is 1. The molecule has 0 amide bonds. The standard InChI is InChI=1S/C73H127NO23/c1-5-6-7-8-9-10-11-12-13-14-15-16-17-23-36-56(82)66(90)73-67(91)59(85)45-60(97-73)68(92)63(87)47(3)38-39-57(83)72-71(95)70(94)69(93)61(96-72)44-58(84)62(86)46(2)28-25-37-55(81)65(89)64(88)48(4)41-51(77)34-26-32-50(76)33-27-35-53(79)43-54(80)42-52(78)31-21-18-20-29-49(75)30-22-19-24-40-74/h5-7,18-20,22-24,26,30,34,36,46,48-53,55-73,75-79,81-95H,1,3,8-17,21,25,27-29,31-33,35,37-45,74H2,2,4H3. The van der Waals surface area contributed by atoms with E-state index in [0.717, 1.165) is 38.5 Å². The summed E-state index contributed by atoms with van der Waals surface area (Å²) in [6.07, 6.45) is -0.533. The van der Waals surface area contributed by atoms with Crippen LogP contribution < -0.4 is 5.73 Å². The Morgan fingerprint density at radius 1 is 0.515 bits per heavy atom. The van der Waals surface area contributed by atoms with Crippen LogP contribution >= 0.6 is 0 Å². The first kappa shape index (κ1) is 89.8. The molecule has 2 fully saturated rings. The maximum absolute atomic E-state index is 12.4. The van der Waals surface area contributed by atoms with E-state index in [9.17, 15) is 107 Å². The van der Waals surface area contributed by atoms with Crippen molar-refractivity contribution in [2.75, 3.05) is 6.54 Å². The topological polar surface area (TPSA) is 466 Å². The predicted molar refractivity (Wildman–Crippen MR) is 369 cm³/mol. The third-order valence-electron chi connectivity index (χ3n) is 18.6. The molecule has 0 saturated carbocycles. The van der Waals surface area contributed by atoms with E-state index in [4.69, 9.17) is 15.2 Å². The van der Waals surface area contributed by atoms with Crippen LogP contribution in [0.1, 0.15) is 187 Å². The molecule has 0 radical (unpaired) electrons. The largest absolute Gasteiger partial charge is 0.393 e. The van der Waals surface area contributed by atoms with Gasteiger partial charge in [0.1, 0.15) is 72.9 Å². The van der Waals surface area contributed by atoms with E-state index in [1.807, 2.05) is 12.2 Å². The minimum atomic E-state index is -1.87. The van der Waals surface area contributed by atoms with E-state index < -0.39 is 165 Å². The Bertz CT molecular complexity index is 2270. The molecule has 0 bridgehead atoms. The molecule has 0 aromatic carbocycles. The summed E-state index contributed by atoms with van der Waals surface area (Å²) >= 11 is 0. The second-order valence-electron chi connectivity index (χ2n) is 27.2. The highest BCUT2D eigenvalue weighted by Crippen LogP contribution is 2.33. The van der Waals surface area contributed by atoms with Crippen molar-refractivity contribution in [1.82, 2.24) is 0 Å². The third kappa shape index (κ3) is 35.9. The molecule has 562 valence electrons. The van der Waals surface area contributed by atoms with Crippen molar-refractivity contribution in [3.8, 4) is 0 Å². The van der Waals surface area contributed by atoms with Crippen LogP contribution in [0.3, 0.4) is 0 Å². The maximum atomic E-state index is 12.4. The first-order chi connectivity index (χ1) is 46.1. The van der Waals surface area contributed by atoms with Gasteiger partial charge in [0.05, 0.1) is 79.4 Å². The second kappa shape index (κ2) is 50.9. The molecule has 24 nitrogen and oxygen atoms in total. The average molecular weight is 1390 g/mol. The molecule has 24 heteroatoms. The van der Waals surface area contributed by atoms with E-state index in [1.54, 1.807) is 62.5 Å². The highest BCUT2D eigenvalue weighted by molar-refractivity contribution is 5.79. The van der Waals surface area contributed by atoms with Crippen LogP contribution in [0.5, 0.6) is 0 Å². The summed E-state index contributed by atoms with van der Waals surface area (Å²) < 4.78 is 11.6. The summed E-state index contributed by atoms with van der Waals surface area (Å²) in [5, 5.41) is 216. The Labute approximate surface area is 575 Å². The third-order valence-corrected chi connectivity index (χ3v) is 18.6. The first-order valence-electron chi connectivity index (χ1n) is 35.5. The van der Waals surface area contributed by atoms with Crippen molar-refractivity contribution in [3.05, 3.63) is 97.7 Å². The molecule has 2 aliphatic heterocycles. The minimum Gasteiger partial charge on any atom is -0.393 e. The molecule has 26 atom stereocenters. The van der Waals surface area contributed by atoms with Crippen LogP contribution in [0.15, 0.2) is 97.7 Å². The van der Waals surface area contributed by atoms with E-state index in [1.165, 1.54) is 31.4 Å². The zero-order valence-electron chi connectivity index (χ0n) is 57.5. The Morgan fingerprint density at radius 2 is 1.13 bits per heavy atom. The first-order valence-corrected chi connectivity index (χ1v) is 35.5. The lowest BCUT2D eigenvalue weighted by atomic mass is 9.85. The van der Waals surface area contributed by atoms with Crippen LogP contribution in [0, 0.1) is 11.8 Å². The van der Waals surface area contributed by atoms with Crippen LogP contribution in [-0.2, 0) is 14.3 Å². The number of carbonyl (C=O) groups is 1.